The topological polar surface area (TPSA) is 38.3 Å². The van der Waals surface area contributed by atoms with E-state index in [0.29, 0.717) is 0 Å². The molecule has 0 bridgehead atoms. The SMILES string of the molecule is CC(C)Oc1ccc2c(c1)C(=O)NC(CC(C)(C)C)C2. The van der Waals surface area contributed by atoms with E-state index in [1.54, 1.807) is 0 Å². The highest BCUT2D eigenvalue weighted by atomic mass is 16.5. The Balaban J connectivity index is 2.18. The Morgan fingerprint density at radius 2 is 2.05 bits per heavy atom. The second-order valence-electron chi connectivity index (χ2n) is 7.12. The summed E-state index contributed by atoms with van der Waals surface area (Å²) in [6, 6.07) is 6.08. The second-order valence-corrected chi connectivity index (χ2v) is 7.12. The van der Waals surface area contributed by atoms with Crippen LogP contribution in [0.1, 0.15) is 57.0 Å². The largest absolute Gasteiger partial charge is 0.491 e. The van der Waals surface area contributed by atoms with Crippen molar-refractivity contribution in [2.75, 3.05) is 0 Å². The predicted octanol–water partition coefficient (Wildman–Crippen LogP) is 3.56. The Bertz CT molecular complexity index is 500. The number of hydrogen-bond donors (Lipinski definition) is 1. The van der Waals surface area contributed by atoms with Gasteiger partial charge in [0.1, 0.15) is 5.75 Å². The predicted molar refractivity (Wildman–Crippen MR) is 81.2 cm³/mol. The molecule has 1 amide bonds. The molecule has 1 heterocycles. The van der Waals surface area contributed by atoms with Crippen molar-refractivity contribution in [2.45, 2.75) is 59.6 Å². The summed E-state index contributed by atoms with van der Waals surface area (Å²) in [5, 5.41) is 3.12. The molecule has 3 nitrogen and oxygen atoms in total. The summed E-state index contributed by atoms with van der Waals surface area (Å²) >= 11 is 0. The molecule has 1 N–H and O–H groups in total. The first-order chi connectivity index (χ1) is 9.24. The fourth-order valence-corrected chi connectivity index (χ4v) is 2.73. The summed E-state index contributed by atoms with van der Waals surface area (Å²) in [5.41, 5.74) is 2.10. The van der Waals surface area contributed by atoms with Gasteiger partial charge < -0.3 is 10.1 Å². The molecule has 110 valence electrons. The van der Waals surface area contributed by atoms with Gasteiger partial charge in [0.15, 0.2) is 0 Å². The maximum absolute atomic E-state index is 12.3. The summed E-state index contributed by atoms with van der Waals surface area (Å²) in [6.07, 6.45) is 2.01. The van der Waals surface area contributed by atoms with Crippen molar-refractivity contribution in [2.24, 2.45) is 5.41 Å². The number of fused-ring (bicyclic) bond motifs is 1. The molecule has 0 aromatic heterocycles. The Morgan fingerprint density at radius 1 is 1.35 bits per heavy atom. The average molecular weight is 275 g/mol. The third kappa shape index (κ3) is 3.75. The summed E-state index contributed by atoms with van der Waals surface area (Å²) in [4.78, 5) is 12.3. The highest BCUT2D eigenvalue weighted by Crippen LogP contribution is 2.28. The lowest BCUT2D eigenvalue weighted by Crippen LogP contribution is -2.43. The normalized spacial score (nSPS) is 18.7. The number of benzene rings is 1. The fourth-order valence-electron chi connectivity index (χ4n) is 2.73. The zero-order chi connectivity index (χ0) is 14.9. The van der Waals surface area contributed by atoms with Gasteiger partial charge in [-0.15, -0.1) is 0 Å². The second kappa shape index (κ2) is 5.47. The number of ether oxygens (including phenoxy) is 1. The van der Waals surface area contributed by atoms with E-state index >= 15 is 0 Å². The van der Waals surface area contributed by atoms with Gasteiger partial charge in [-0.2, -0.15) is 0 Å². The Hall–Kier alpha value is -1.51. The van der Waals surface area contributed by atoms with E-state index in [-0.39, 0.29) is 23.5 Å². The standard InChI is InChI=1S/C17H25NO2/c1-11(2)20-14-7-6-12-8-13(10-17(3,4)5)18-16(19)15(12)9-14/h6-7,9,11,13H,8,10H2,1-5H3,(H,18,19). The van der Waals surface area contributed by atoms with Gasteiger partial charge in [0.05, 0.1) is 6.10 Å². The monoisotopic (exact) mass is 275 g/mol. The lowest BCUT2D eigenvalue weighted by Gasteiger charge is -2.31. The Labute approximate surface area is 121 Å². The Morgan fingerprint density at radius 3 is 2.65 bits per heavy atom. The van der Waals surface area contributed by atoms with Crippen LogP contribution in [0, 0.1) is 5.41 Å². The van der Waals surface area contributed by atoms with Crippen molar-refractivity contribution < 1.29 is 9.53 Å². The van der Waals surface area contributed by atoms with Crippen molar-refractivity contribution >= 4 is 5.91 Å². The molecule has 0 saturated heterocycles. The third-order valence-electron chi connectivity index (χ3n) is 3.36. The lowest BCUT2D eigenvalue weighted by molar-refractivity contribution is 0.0912. The number of amides is 1. The van der Waals surface area contributed by atoms with Gasteiger partial charge in [0, 0.05) is 11.6 Å². The van der Waals surface area contributed by atoms with Gasteiger partial charge in [0.25, 0.3) is 5.91 Å². The van der Waals surface area contributed by atoms with E-state index in [4.69, 9.17) is 4.74 Å². The van der Waals surface area contributed by atoms with Gasteiger partial charge in [-0.1, -0.05) is 26.8 Å². The highest BCUT2D eigenvalue weighted by molar-refractivity contribution is 5.97. The highest BCUT2D eigenvalue weighted by Gasteiger charge is 2.27. The van der Waals surface area contributed by atoms with E-state index in [1.165, 1.54) is 0 Å². The smallest absolute Gasteiger partial charge is 0.251 e. The summed E-state index contributed by atoms with van der Waals surface area (Å²) in [6.45, 7) is 10.6. The van der Waals surface area contributed by atoms with E-state index in [9.17, 15) is 4.79 Å². The van der Waals surface area contributed by atoms with Crippen molar-refractivity contribution in [3.63, 3.8) is 0 Å². The lowest BCUT2D eigenvalue weighted by atomic mass is 9.83. The third-order valence-corrected chi connectivity index (χ3v) is 3.36. The number of rotatable bonds is 3. The van der Waals surface area contributed by atoms with Crippen LogP contribution in [0.5, 0.6) is 5.75 Å². The van der Waals surface area contributed by atoms with Crippen LogP contribution in [0.2, 0.25) is 0 Å². The molecule has 3 heteroatoms. The van der Waals surface area contributed by atoms with Gasteiger partial charge >= 0.3 is 0 Å². The zero-order valence-corrected chi connectivity index (χ0v) is 13.1. The number of nitrogens with one attached hydrogen (secondary N) is 1. The molecule has 0 aliphatic carbocycles. The zero-order valence-electron chi connectivity index (χ0n) is 13.1. The summed E-state index contributed by atoms with van der Waals surface area (Å²) in [7, 11) is 0. The summed E-state index contributed by atoms with van der Waals surface area (Å²) in [5.74, 6) is 0.790. The van der Waals surface area contributed by atoms with Crippen LogP contribution in [0.3, 0.4) is 0 Å². The van der Waals surface area contributed by atoms with Crippen LogP contribution in [-0.4, -0.2) is 18.1 Å². The van der Waals surface area contributed by atoms with Gasteiger partial charge in [0.2, 0.25) is 0 Å². The molecule has 0 fully saturated rings. The molecular formula is C17H25NO2. The van der Waals surface area contributed by atoms with Gasteiger partial charge in [-0.25, -0.2) is 0 Å². The van der Waals surface area contributed by atoms with Crippen molar-refractivity contribution in [3.05, 3.63) is 29.3 Å². The van der Waals surface area contributed by atoms with Crippen molar-refractivity contribution in [3.8, 4) is 5.75 Å². The number of carbonyl (C=O) groups is 1. The van der Waals surface area contributed by atoms with E-state index in [1.807, 2.05) is 32.0 Å². The average Bonchev–Trinajstić information content (AvgIpc) is 2.27. The molecule has 0 saturated carbocycles. The molecule has 1 unspecified atom stereocenters. The molecule has 1 aliphatic heterocycles. The first kappa shape index (κ1) is 14.9. The minimum Gasteiger partial charge on any atom is -0.491 e. The van der Waals surface area contributed by atoms with Crippen LogP contribution < -0.4 is 10.1 Å². The number of hydrogen-bond acceptors (Lipinski definition) is 2. The van der Waals surface area contributed by atoms with Gasteiger partial charge in [-0.3, -0.25) is 4.79 Å². The molecule has 0 radical (unpaired) electrons. The van der Waals surface area contributed by atoms with Crippen LogP contribution in [-0.2, 0) is 6.42 Å². The molecule has 1 aliphatic rings. The summed E-state index contributed by atoms with van der Waals surface area (Å²) < 4.78 is 5.66. The quantitative estimate of drug-likeness (QED) is 0.916. The molecule has 20 heavy (non-hydrogen) atoms. The minimum atomic E-state index is 0.0229. The van der Waals surface area contributed by atoms with Crippen LogP contribution in [0.25, 0.3) is 0 Å². The maximum Gasteiger partial charge on any atom is 0.251 e. The van der Waals surface area contributed by atoms with Crippen molar-refractivity contribution in [1.82, 2.24) is 5.32 Å². The van der Waals surface area contributed by atoms with Crippen LogP contribution in [0.4, 0.5) is 0 Å². The molecule has 1 aromatic carbocycles. The van der Waals surface area contributed by atoms with Crippen molar-refractivity contribution in [1.29, 1.82) is 0 Å². The van der Waals surface area contributed by atoms with E-state index < -0.39 is 0 Å². The molecule has 0 spiro atoms. The van der Waals surface area contributed by atoms with E-state index in [2.05, 4.69) is 26.1 Å². The maximum atomic E-state index is 12.3. The first-order valence-electron chi connectivity index (χ1n) is 7.35. The molecule has 2 rings (SSSR count). The van der Waals surface area contributed by atoms with Crippen LogP contribution >= 0.6 is 0 Å². The van der Waals surface area contributed by atoms with E-state index in [0.717, 1.165) is 29.7 Å². The Kier molecular flexibility index (Phi) is 4.07. The molecule has 1 aromatic rings. The fraction of sp³-hybridized carbons (Fsp3) is 0.588. The first-order valence-corrected chi connectivity index (χ1v) is 7.35. The van der Waals surface area contributed by atoms with Crippen LogP contribution in [0.15, 0.2) is 18.2 Å². The minimum absolute atomic E-state index is 0.0229. The van der Waals surface area contributed by atoms with Gasteiger partial charge in [-0.05, 0) is 49.8 Å². The molecular weight excluding hydrogens is 250 g/mol. The number of carbonyl (C=O) groups excluding carboxylic acids is 1. The molecule has 1 atom stereocenters.